The van der Waals surface area contributed by atoms with Crippen molar-refractivity contribution in [2.45, 2.75) is 71.8 Å². The van der Waals surface area contributed by atoms with Crippen LogP contribution < -0.4 is 0 Å². The van der Waals surface area contributed by atoms with Gasteiger partial charge in [0.15, 0.2) is 0 Å². The molecule has 0 spiro atoms. The predicted molar refractivity (Wildman–Crippen MR) is 68.2 cm³/mol. The second-order valence-electron chi connectivity index (χ2n) is 6.25. The first-order valence-electron chi connectivity index (χ1n) is 6.75. The first kappa shape index (κ1) is 13.0. The highest BCUT2D eigenvalue weighted by Gasteiger charge is 2.20. The lowest BCUT2D eigenvalue weighted by Gasteiger charge is -2.36. The minimum absolute atomic E-state index is 0.366. The van der Waals surface area contributed by atoms with E-state index in [1.807, 2.05) is 0 Å². The zero-order valence-electron chi connectivity index (χ0n) is 11.2. The third kappa shape index (κ3) is 5.01. The normalized spacial score (nSPS) is 24.0. The summed E-state index contributed by atoms with van der Waals surface area (Å²) in [6.07, 6.45) is 8.51. The summed E-state index contributed by atoms with van der Waals surface area (Å²) in [5, 5.41) is 0. The maximum absolute atomic E-state index is 2.67. The van der Waals surface area contributed by atoms with Crippen LogP contribution in [0, 0.1) is 5.92 Å². The lowest BCUT2D eigenvalue weighted by molar-refractivity contribution is 0.126. The van der Waals surface area contributed by atoms with Crippen LogP contribution in [0.15, 0.2) is 0 Å². The lowest BCUT2D eigenvalue weighted by atomic mass is 9.95. The predicted octanol–water partition coefficient (Wildman–Crippen LogP) is 4.08. The Balaban J connectivity index is 2.41. The fourth-order valence-electron chi connectivity index (χ4n) is 2.52. The van der Waals surface area contributed by atoms with Crippen molar-refractivity contribution < 1.29 is 0 Å². The molecule has 1 aliphatic heterocycles. The van der Waals surface area contributed by atoms with Gasteiger partial charge in [0.1, 0.15) is 0 Å². The van der Waals surface area contributed by atoms with Gasteiger partial charge < -0.3 is 0 Å². The molecule has 0 N–H and O–H groups in total. The number of hydrogen-bond donors (Lipinski definition) is 0. The van der Waals surface area contributed by atoms with Crippen LogP contribution in [0.2, 0.25) is 0 Å². The first-order chi connectivity index (χ1) is 7.00. The molecular weight excluding hydrogens is 182 g/mol. The molecule has 1 aliphatic rings. The van der Waals surface area contributed by atoms with Crippen molar-refractivity contribution in [2.24, 2.45) is 5.92 Å². The van der Waals surface area contributed by atoms with Gasteiger partial charge in [0, 0.05) is 5.54 Å². The highest BCUT2D eigenvalue weighted by atomic mass is 15.2. The van der Waals surface area contributed by atoms with Crippen molar-refractivity contribution in [3.05, 3.63) is 0 Å². The van der Waals surface area contributed by atoms with Crippen LogP contribution in [0.3, 0.4) is 0 Å². The number of hydrogen-bond acceptors (Lipinski definition) is 1. The minimum Gasteiger partial charge on any atom is -0.298 e. The molecular formula is C14H29N. The fraction of sp³-hybridized carbons (Fsp3) is 1.00. The summed E-state index contributed by atoms with van der Waals surface area (Å²) in [7, 11) is 0. The topological polar surface area (TPSA) is 3.24 Å². The quantitative estimate of drug-likeness (QED) is 0.583. The summed E-state index contributed by atoms with van der Waals surface area (Å²) >= 11 is 0. The van der Waals surface area contributed by atoms with Gasteiger partial charge in [-0.1, -0.05) is 32.6 Å². The van der Waals surface area contributed by atoms with Gasteiger partial charge in [-0.3, -0.25) is 4.90 Å². The molecule has 0 aromatic rings. The van der Waals surface area contributed by atoms with Crippen LogP contribution in [0.25, 0.3) is 0 Å². The largest absolute Gasteiger partial charge is 0.298 e. The van der Waals surface area contributed by atoms with Gasteiger partial charge in [0.25, 0.3) is 0 Å². The monoisotopic (exact) mass is 211 g/mol. The summed E-state index contributed by atoms with van der Waals surface area (Å²) in [4.78, 5) is 2.67. The molecule has 15 heavy (non-hydrogen) atoms. The van der Waals surface area contributed by atoms with Crippen LogP contribution in [0.4, 0.5) is 0 Å². The van der Waals surface area contributed by atoms with Crippen LogP contribution in [0.5, 0.6) is 0 Å². The van der Waals surface area contributed by atoms with Gasteiger partial charge in [0.2, 0.25) is 0 Å². The molecule has 0 unspecified atom stereocenters. The molecule has 90 valence electrons. The van der Waals surface area contributed by atoms with Crippen molar-refractivity contribution in [1.82, 2.24) is 4.90 Å². The molecule has 1 rings (SSSR count). The number of rotatable bonds is 0. The van der Waals surface area contributed by atoms with E-state index in [0.29, 0.717) is 5.54 Å². The molecule has 1 nitrogen and oxygen atoms in total. The van der Waals surface area contributed by atoms with Crippen molar-refractivity contribution in [2.75, 3.05) is 13.1 Å². The molecule has 1 heteroatoms. The van der Waals surface area contributed by atoms with Gasteiger partial charge >= 0.3 is 0 Å². The standard InChI is InChI=1S/C14H29N/c1-13-9-5-7-11-15(14(2,3)4)12-8-6-10-13/h13H,5-12H2,1-4H3. The van der Waals surface area contributed by atoms with E-state index in [0.717, 1.165) is 5.92 Å². The smallest absolute Gasteiger partial charge is 0.0125 e. The molecule has 0 aliphatic carbocycles. The van der Waals surface area contributed by atoms with E-state index < -0.39 is 0 Å². The SMILES string of the molecule is CC1CCCCN(C(C)(C)C)CCCC1. The Hall–Kier alpha value is -0.0400. The summed E-state index contributed by atoms with van der Waals surface area (Å²) in [5.74, 6) is 0.964. The Morgan fingerprint density at radius 1 is 0.867 bits per heavy atom. The zero-order chi connectivity index (χ0) is 11.3. The molecule has 1 fully saturated rings. The number of nitrogens with zero attached hydrogens (tertiary/aromatic N) is 1. The molecule has 0 amide bonds. The van der Waals surface area contributed by atoms with E-state index >= 15 is 0 Å². The first-order valence-corrected chi connectivity index (χ1v) is 6.75. The van der Waals surface area contributed by atoms with E-state index in [1.165, 1.54) is 51.6 Å². The van der Waals surface area contributed by atoms with E-state index in [4.69, 9.17) is 0 Å². The molecule has 0 aromatic carbocycles. The molecule has 0 atom stereocenters. The summed E-state index contributed by atoms with van der Waals surface area (Å²) < 4.78 is 0. The zero-order valence-corrected chi connectivity index (χ0v) is 11.2. The Morgan fingerprint density at radius 3 is 1.73 bits per heavy atom. The summed E-state index contributed by atoms with van der Waals surface area (Å²) in [6.45, 7) is 12.1. The van der Waals surface area contributed by atoms with Crippen molar-refractivity contribution in [1.29, 1.82) is 0 Å². The Kier molecular flexibility index (Phi) is 5.11. The summed E-state index contributed by atoms with van der Waals surface area (Å²) in [5.41, 5.74) is 0.366. The van der Waals surface area contributed by atoms with Gasteiger partial charge in [-0.15, -0.1) is 0 Å². The van der Waals surface area contributed by atoms with Crippen molar-refractivity contribution in [3.8, 4) is 0 Å². The lowest BCUT2D eigenvalue weighted by Crippen LogP contribution is -2.42. The van der Waals surface area contributed by atoms with Crippen molar-refractivity contribution >= 4 is 0 Å². The highest BCUT2D eigenvalue weighted by Crippen LogP contribution is 2.21. The summed E-state index contributed by atoms with van der Waals surface area (Å²) in [6, 6.07) is 0. The Morgan fingerprint density at radius 2 is 1.33 bits per heavy atom. The third-order valence-corrected chi connectivity index (χ3v) is 3.70. The molecule has 0 bridgehead atoms. The molecule has 1 heterocycles. The molecule has 1 saturated heterocycles. The van der Waals surface area contributed by atoms with E-state index in [2.05, 4.69) is 32.6 Å². The van der Waals surface area contributed by atoms with Gasteiger partial charge in [0.05, 0.1) is 0 Å². The van der Waals surface area contributed by atoms with Gasteiger partial charge in [-0.05, 0) is 52.6 Å². The van der Waals surface area contributed by atoms with E-state index in [-0.39, 0.29) is 0 Å². The van der Waals surface area contributed by atoms with Crippen LogP contribution in [0.1, 0.15) is 66.2 Å². The Labute approximate surface area is 96.2 Å². The Bertz CT molecular complexity index is 157. The van der Waals surface area contributed by atoms with E-state index in [1.54, 1.807) is 0 Å². The maximum Gasteiger partial charge on any atom is 0.0125 e. The van der Waals surface area contributed by atoms with Crippen LogP contribution in [-0.2, 0) is 0 Å². The second-order valence-corrected chi connectivity index (χ2v) is 6.25. The average Bonchev–Trinajstić information content (AvgIpc) is 2.14. The van der Waals surface area contributed by atoms with E-state index in [9.17, 15) is 0 Å². The fourth-order valence-corrected chi connectivity index (χ4v) is 2.52. The maximum atomic E-state index is 2.67. The molecule has 0 radical (unpaired) electrons. The van der Waals surface area contributed by atoms with Crippen LogP contribution in [-0.4, -0.2) is 23.5 Å². The second kappa shape index (κ2) is 5.89. The van der Waals surface area contributed by atoms with Crippen molar-refractivity contribution in [3.63, 3.8) is 0 Å². The minimum atomic E-state index is 0.366. The third-order valence-electron chi connectivity index (χ3n) is 3.70. The molecule has 0 aromatic heterocycles. The molecule has 0 saturated carbocycles. The van der Waals surface area contributed by atoms with Gasteiger partial charge in [-0.25, -0.2) is 0 Å². The van der Waals surface area contributed by atoms with Gasteiger partial charge in [-0.2, -0.15) is 0 Å². The average molecular weight is 211 g/mol. The highest BCUT2D eigenvalue weighted by molar-refractivity contribution is 4.76. The van der Waals surface area contributed by atoms with Crippen LogP contribution >= 0.6 is 0 Å².